The van der Waals surface area contributed by atoms with Gasteiger partial charge in [0.15, 0.2) is 5.78 Å². The first-order valence-corrected chi connectivity index (χ1v) is 7.70. The molecule has 0 aromatic heterocycles. The number of benzene rings is 1. The van der Waals surface area contributed by atoms with Gasteiger partial charge in [-0.25, -0.2) is 0 Å². The molecule has 0 bridgehead atoms. The molecule has 1 aliphatic heterocycles. The van der Waals surface area contributed by atoms with E-state index in [-0.39, 0.29) is 11.8 Å². The predicted molar refractivity (Wildman–Crippen MR) is 83.1 cm³/mol. The van der Waals surface area contributed by atoms with Gasteiger partial charge in [0.2, 0.25) is 0 Å². The second-order valence-electron chi connectivity index (χ2n) is 5.74. The summed E-state index contributed by atoms with van der Waals surface area (Å²) in [5, 5.41) is 0. The fourth-order valence-corrected chi connectivity index (χ4v) is 2.83. The van der Waals surface area contributed by atoms with Crippen molar-refractivity contribution in [1.29, 1.82) is 0 Å². The summed E-state index contributed by atoms with van der Waals surface area (Å²) in [5.74, 6) is 0.239. The molecule has 1 aromatic rings. The van der Waals surface area contributed by atoms with Gasteiger partial charge in [-0.15, -0.1) is 0 Å². The smallest absolute Gasteiger partial charge is 0.179 e. The van der Waals surface area contributed by atoms with Crippen LogP contribution in [0, 0.1) is 0 Å². The van der Waals surface area contributed by atoms with E-state index < -0.39 is 0 Å². The van der Waals surface area contributed by atoms with Crippen molar-refractivity contribution in [1.82, 2.24) is 9.80 Å². The molecule has 2 atom stereocenters. The average molecular weight is 274 g/mol. The Bertz CT molecular complexity index is 424. The molecule has 1 saturated heterocycles. The van der Waals surface area contributed by atoms with Crippen LogP contribution in [0.25, 0.3) is 0 Å². The van der Waals surface area contributed by atoms with Gasteiger partial charge in [0.05, 0.1) is 6.04 Å². The number of carbonyl (C=O) groups excluding carboxylic acids is 1. The molecule has 1 fully saturated rings. The molecule has 0 radical (unpaired) electrons. The molecule has 3 nitrogen and oxygen atoms in total. The lowest BCUT2D eigenvalue weighted by Crippen LogP contribution is -2.53. The Morgan fingerprint density at radius 2 is 1.60 bits per heavy atom. The van der Waals surface area contributed by atoms with Gasteiger partial charge in [0.1, 0.15) is 0 Å². The standard InChI is InChI=1S/C17H26N2O/c1-4-14(2)18-10-12-19(13-11-18)15(3)17(20)16-8-6-5-7-9-16/h5-9,14-15H,4,10-13H2,1-3H3. The third-order valence-electron chi connectivity index (χ3n) is 4.55. The second-order valence-corrected chi connectivity index (χ2v) is 5.74. The SMILES string of the molecule is CCC(C)N1CCN(C(C)C(=O)c2ccccc2)CC1. The lowest BCUT2D eigenvalue weighted by atomic mass is 10.0. The molecule has 1 heterocycles. The van der Waals surface area contributed by atoms with Crippen molar-refractivity contribution < 1.29 is 4.79 Å². The van der Waals surface area contributed by atoms with Crippen molar-refractivity contribution in [2.24, 2.45) is 0 Å². The molecule has 1 aliphatic rings. The predicted octanol–water partition coefficient (Wildman–Crippen LogP) is 2.67. The van der Waals surface area contributed by atoms with E-state index in [4.69, 9.17) is 0 Å². The Balaban J connectivity index is 1.92. The summed E-state index contributed by atoms with van der Waals surface area (Å²) in [4.78, 5) is 17.3. The van der Waals surface area contributed by atoms with Crippen molar-refractivity contribution in [3.8, 4) is 0 Å². The molecule has 0 saturated carbocycles. The maximum Gasteiger partial charge on any atom is 0.179 e. The number of ketones is 1. The largest absolute Gasteiger partial charge is 0.298 e. The number of hydrogen-bond acceptors (Lipinski definition) is 3. The maximum absolute atomic E-state index is 12.5. The minimum absolute atomic E-state index is 0.0171. The van der Waals surface area contributed by atoms with Crippen LogP contribution in [0.2, 0.25) is 0 Å². The zero-order valence-corrected chi connectivity index (χ0v) is 12.9. The molecule has 1 aromatic carbocycles. The van der Waals surface area contributed by atoms with E-state index in [1.54, 1.807) is 0 Å². The molecule has 2 unspecified atom stereocenters. The van der Waals surface area contributed by atoms with E-state index in [0.717, 1.165) is 31.7 Å². The van der Waals surface area contributed by atoms with E-state index in [1.165, 1.54) is 6.42 Å². The number of rotatable bonds is 5. The molecule has 0 amide bonds. The fraction of sp³-hybridized carbons (Fsp3) is 0.588. The van der Waals surface area contributed by atoms with Crippen LogP contribution in [0.1, 0.15) is 37.6 Å². The van der Waals surface area contributed by atoms with Crippen LogP contribution < -0.4 is 0 Å². The number of piperazine rings is 1. The quantitative estimate of drug-likeness (QED) is 0.771. The third kappa shape index (κ3) is 3.47. The van der Waals surface area contributed by atoms with Gasteiger partial charge in [-0.1, -0.05) is 37.3 Å². The third-order valence-corrected chi connectivity index (χ3v) is 4.55. The highest BCUT2D eigenvalue weighted by Crippen LogP contribution is 2.14. The molecule has 2 rings (SSSR count). The minimum Gasteiger partial charge on any atom is -0.298 e. The Morgan fingerprint density at radius 3 is 2.15 bits per heavy atom. The van der Waals surface area contributed by atoms with Gasteiger partial charge in [-0.05, 0) is 20.3 Å². The number of hydrogen-bond donors (Lipinski definition) is 0. The van der Waals surface area contributed by atoms with Crippen LogP contribution in [0.4, 0.5) is 0 Å². The van der Waals surface area contributed by atoms with Crippen LogP contribution in [0.15, 0.2) is 30.3 Å². The van der Waals surface area contributed by atoms with Gasteiger partial charge in [-0.2, -0.15) is 0 Å². The van der Waals surface area contributed by atoms with E-state index in [9.17, 15) is 4.79 Å². The molecule has 0 N–H and O–H groups in total. The Labute approximate surface area is 122 Å². The van der Waals surface area contributed by atoms with Crippen LogP contribution in [-0.4, -0.2) is 53.8 Å². The first kappa shape index (κ1) is 15.2. The Kier molecular flexibility index (Phi) is 5.32. The fourth-order valence-electron chi connectivity index (χ4n) is 2.83. The van der Waals surface area contributed by atoms with Gasteiger partial charge >= 0.3 is 0 Å². The molecule has 3 heteroatoms. The number of Topliss-reactive ketones (excluding diaryl/α,β-unsaturated/α-hetero) is 1. The van der Waals surface area contributed by atoms with Crippen LogP contribution in [0.3, 0.4) is 0 Å². The van der Waals surface area contributed by atoms with Crippen molar-refractivity contribution in [3.05, 3.63) is 35.9 Å². The maximum atomic E-state index is 12.5. The monoisotopic (exact) mass is 274 g/mol. The van der Waals surface area contributed by atoms with Crippen molar-refractivity contribution >= 4 is 5.78 Å². The zero-order valence-electron chi connectivity index (χ0n) is 12.9. The minimum atomic E-state index is -0.0171. The average Bonchev–Trinajstić information content (AvgIpc) is 2.53. The first-order valence-electron chi connectivity index (χ1n) is 7.70. The van der Waals surface area contributed by atoms with Crippen molar-refractivity contribution in [2.75, 3.05) is 26.2 Å². The van der Waals surface area contributed by atoms with E-state index in [2.05, 4.69) is 23.6 Å². The molecule has 20 heavy (non-hydrogen) atoms. The van der Waals surface area contributed by atoms with Crippen LogP contribution >= 0.6 is 0 Å². The molecular weight excluding hydrogens is 248 g/mol. The summed E-state index contributed by atoms with van der Waals surface area (Å²) >= 11 is 0. The number of nitrogens with zero attached hydrogens (tertiary/aromatic N) is 2. The summed E-state index contributed by atoms with van der Waals surface area (Å²) in [5.41, 5.74) is 0.823. The Hall–Kier alpha value is -1.19. The van der Waals surface area contributed by atoms with Crippen LogP contribution in [-0.2, 0) is 0 Å². The van der Waals surface area contributed by atoms with Gasteiger partial charge in [0, 0.05) is 37.8 Å². The summed E-state index contributed by atoms with van der Waals surface area (Å²) < 4.78 is 0. The topological polar surface area (TPSA) is 23.6 Å². The summed E-state index contributed by atoms with van der Waals surface area (Å²) in [7, 11) is 0. The lowest BCUT2D eigenvalue weighted by molar-refractivity contribution is 0.0613. The molecular formula is C17H26N2O. The van der Waals surface area contributed by atoms with Gasteiger partial charge < -0.3 is 0 Å². The van der Waals surface area contributed by atoms with Gasteiger partial charge in [0.25, 0.3) is 0 Å². The molecule has 0 spiro atoms. The van der Waals surface area contributed by atoms with E-state index in [0.29, 0.717) is 6.04 Å². The van der Waals surface area contributed by atoms with E-state index >= 15 is 0 Å². The van der Waals surface area contributed by atoms with Crippen molar-refractivity contribution in [2.45, 2.75) is 39.3 Å². The summed E-state index contributed by atoms with van der Waals surface area (Å²) in [6.45, 7) is 10.7. The molecule has 0 aliphatic carbocycles. The molecule has 110 valence electrons. The lowest BCUT2D eigenvalue weighted by Gasteiger charge is -2.40. The Morgan fingerprint density at radius 1 is 1.05 bits per heavy atom. The summed E-state index contributed by atoms with van der Waals surface area (Å²) in [6.07, 6.45) is 1.19. The second kappa shape index (κ2) is 7.00. The van der Waals surface area contributed by atoms with Crippen molar-refractivity contribution in [3.63, 3.8) is 0 Å². The summed E-state index contributed by atoms with van der Waals surface area (Å²) in [6, 6.07) is 10.3. The first-order chi connectivity index (χ1) is 9.63. The highest BCUT2D eigenvalue weighted by atomic mass is 16.1. The van der Waals surface area contributed by atoms with E-state index in [1.807, 2.05) is 37.3 Å². The zero-order chi connectivity index (χ0) is 14.5. The highest BCUT2D eigenvalue weighted by Gasteiger charge is 2.27. The van der Waals surface area contributed by atoms with Gasteiger partial charge in [-0.3, -0.25) is 14.6 Å². The number of carbonyl (C=O) groups is 1. The highest BCUT2D eigenvalue weighted by molar-refractivity contribution is 5.99. The van der Waals surface area contributed by atoms with Crippen LogP contribution in [0.5, 0.6) is 0 Å². The normalized spacial score (nSPS) is 20.6.